The highest BCUT2D eigenvalue weighted by Crippen LogP contribution is 2.28. The van der Waals surface area contributed by atoms with Crippen LogP contribution in [0.1, 0.15) is 44.6 Å². The fourth-order valence-electron chi connectivity index (χ4n) is 3.49. The van der Waals surface area contributed by atoms with Gasteiger partial charge in [-0.05, 0) is 49.1 Å². The normalized spacial score (nSPS) is 15.9. The molecule has 0 spiro atoms. The van der Waals surface area contributed by atoms with Gasteiger partial charge in [-0.3, -0.25) is 0 Å². The van der Waals surface area contributed by atoms with Crippen LogP contribution in [0.5, 0.6) is 0 Å². The van der Waals surface area contributed by atoms with Gasteiger partial charge < -0.3 is 0 Å². The summed E-state index contributed by atoms with van der Waals surface area (Å²) in [4.78, 5) is 0.231. The molecule has 3 rings (SSSR count). The van der Waals surface area contributed by atoms with E-state index in [1.54, 1.807) is 24.3 Å². The van der Waals surface area contributed by atoms with Gasteiger partial charge in [0.2, 0.25) is 19.9 Å². The lowest BCUT2D eigenvalue weighted by Gasteiger charge is -2.16. The number of hydrogen-bond acceptors (Lipinski definition) is 4. The molecule has 1 aliphatic rings. The van der Waals surface area contributed by atoms with Crippen LogP contribution in [0.3, 0.4) is 0 Å². The van der Waals surface area contributed by atoms with Gasteiger partial charge in [-0.2, -0.15) is 0 Å². The Bertz CT molecular complexity index is 994. The molecule has 0 radical (unpaired) electrons. The van der Waals surface area contributed by atoms with Gasteiger partial charge in [0.15, 0.2) is 0 Å². The molecule has 2 aromatic rings. The third kappa shape index (κ3) is 4.42. The van der Waals surface area contributed by atoms with Crippen molar-refractivity contribution < 1.29 is 16.8 Å². The Hall–Kier alpha value is -1.70. The zero-order valence-electron chi connectivity index (χ0n) is 15.4. The fraction of sp³-hybridized carbons (Fsp3) is 0.400. The van der Waals surface area contributed by atoms with Crippen molar-refractivity contribution in [1.29, 1.82) is 0 Å². The molecule has 1 aliphatic carbocycles. The number of nitrogens with one attached hydrogen (secondary N) is 1. The summed E-state index contributed by atoms with van der Waals surface area (Å²) >= 11 is 0. The van der Waals surface area contributed by atoms with Crippen LogP contribution in [0.2, 0.25) is 0 Å². The zero-order valence-corrected chi connectivity index (χ0v) is 17.0. The van der Waals surface area contributed by atoms with Crippen molar-refractivity contribution in [3.8, 4) is 0 Å². The highest BCUT2D eigenvalue weighted by Gasteiger charge is 2.27. The van der Waals surface area contributed by atoms with Crippen molar-refractivity contribution in [2.24, 2.45) is 0 Å². The molecule has 0 aliphatic heterocycles. The predicted molar refractivity (Wildman–Crippen MR) is 105 cm³/mol. The minimum Gasteiger partial charge on any atom is -0.219 e. The minimum atomic E-state index is -3.78. The van der Waals surface area contributed by atoms with Gasteiger partial charge >= 0.3 is 0 Å². The van der Waals surface area contributed by atoms with Gasteiger partial charge in [0.25, 0.3) is 0 Å². The molecule has 1 fully saturated rings. The van der Waals surface area contributed by atoms with E-state index in [0.29, 0.717) is 12.0 Å². The summed E-state index contributed by atoms with van der Waals surface area (Å²) in [5, 5.41) is 0. The minimum absolute atomic E-state index is 0.000324. The van der Waals surface area contributed by atoms with E-state index in [4.69, 9.17) is 0 Å². The number of aryl methyl sites for hydroxylation is 1. The summed E-state index contributed by atoms with van der Waals surface area (Å²) in [5.74, 6) is 0. The average Bonchev–Trinajstić information content (AvgIpc) is 3.15. The molecule has 0 bridgehead atoms. The van der Waals surface area contributed by atoms with Crippen molar-refractivity contribution in [3.63, 3.8) is 0 Å². The Morgan fingerprint density at radius 1 is 0.926 bits per heavy atom. The summed E-state index contributed by atoms with van der Waals surface area (Å²) in [5.41, 5.74) is 0.648. The van der Waals surface area contributed by atoms with Gasteiger partial charge in [-0.1, -0.05) is 50.5 Å². The van der Waals surface area contributed by atoms with Crippen molar-refractivity contribution >= 4 is 19.9 Å². The van der Waals surface area contributed by atoms with Crippen LogP contribution < -0.4 is 4.72 Å². The molecule has 5 nitrogen and oxygen atoms in total. The maximum atomic E-state index is 13.0. The Morgan fingerprint density at radius 3 is 2.22 bits per heavy atom. The molecule has 146 valence electrons. The van der Waals surface area contributed by atoms with E-state index in [2.05, 4.69) is 4.72 Å². The number of hydrogen-bond donors (Lipinski definition) is 1. The van der Waals surface area contributed by atoms with E-state index in [9.17, 15) is 16.8 Å². The van der Waals surface area contributed by atoms with Crippen LogP contribution in [0.4, 0.5) is 0 Å². The van der Waals surface area contributed by atoms with Crippen molar-refractivity contribution in [2.45, 2.75) is 66.2 Å². The maximum Gasteiger partial charge on any atom is 0.241 e. The standard InChI is InChI=1S/C20H25NO4S2/c1-2-8-16-13-14-19(26(22,23)18-11-4-3-5-12-18)15-20(16)27(24,25)21-17-9-6-7-10-17/h3-5,11-15,17,21H,2,6-10H2,1H3. The van der Waals surface area contributed by atoms with Crippen molar-refractivity contribution in [2.75, 3.05) is 0 Å². The molecule has 1 saturated carbocycles. The molecular weight excluding hydrogens is 382 g/mol. The van der Waals surface area contributed by atoms with E-state index in [1.165, 1.54) is 24.3 Å². The van der Waals surface area contributed by atoms with E-state index in [0.717, 1.165) is 32.1 Å². The third-order valence-electron chi connectivity index (χ3n) is 4.89. The van der Waals surface area contributed by atoms with Gasteiger partial charge in [0.05, 0.1) is 14.7 Å². The van der Waals surface area contributed by atoms with Gasteiger partial charge in [0.1, 0.15) is 0 Å². The van der Waals surface area contributed by atoms with E-state index < -0.39 is 19.9 Å². The third-order valence-corrected chi connectivity index (χ3v) is 8.26. The number of rotatable bonds is 7. The van der Waals surface area contributed by atoms with Crippen LogP contribution in [0, 0.1) is 0 Å². The Labute approximate surface area is 161 Å². The van der Waals surface area contributed by atoms with Gasteiger partial charge in [-0.25, -0.2) is 21.6 Å². The first-order chi connectivity index (χ1) is 12.8. The number of sulfone groups is 1. The van der Waals surface area contributed by atoms with E-state index in [1.807, 2.05) is 6.92 Å². The largest absolute Gasteiger partial charge is 0.241 e. The summed E-state index contributed by atoms with van der Waals surface area (Å²) in [6.45, 7) is 1.97. The highest BCUT2D eigenvalue weighted by molar-refractivity contribution is 7.91. The molecule has 0 aromatic heterocycles. The molecule has 27 heavy (non-hydrogen) atoms. The van der Waals surface area contributed by atoms with Crippen molar-refractivity contribution in [1.82, 2.24) is 4.72 Å². The first-order valence-corrected chi connectivity index (χ1v) is 12.3. The van der Waals surface area contributed by atoms with Crippen LogP contribution in [-0.4, -0.2) is 22.9 Å². The first kappa shape index (κ1) is 20.0. The highest BCUT2D eigenvalue weighted by atomic mass is 32.2. The summed E-state index contributed by atoms with van der Waals surface area (Å²) in [6.07, 6.45) is 5.02. The molecule has 0 unspecified atom stereocenters. The van der Waals surface area contributed by atoms with E-state index in [-0.39, 0.29) is 20.7 Å². The summed E-state index contributed by atoms with van der Waals surface area (Å²) in [6, 6.07) is 12.4. The molecular formula is C20H25NO4S2. The van der Waals surface area contributed by atoms with Crippen LogP contribution in [0.25, 0.3) is 0 Å². The molecule has 0 amide bonds. The predicted octanol–water partition coefficient (Wildman–Crippen LogP) is 3.69. The topological polar surface area (TPSA) is 80.3 Å². The lowest BCUT2D eigenvalue weighted by atomic mass is 10.1. The zero-order chi connectivity index (χ0) is 19.5. The van der Waals surface area contributed by atoms with Gasteiger partial charge in [-0.15, -0.1) is 0 Å². The van der Waals surface area contributed by atoms with Crippen LogP contribution in [-0.2, 0) is 26.3 Å². The second kappa shape index (κ2) is 8.12. The lowest BCUT2D eigenvalue weighted by Crippen LogP contribution is -2.33. The quantitative estimate of drug-likeness (QED) is 0.759. The molecule has 7 heteroatoms. The monoisotopic (exact) mass is 407 g/mol. The maximum absolute atomic E-state index is 13.0. The van der Waals surface area contributed by atoms with Gasteiger partial charge in [0, 0.05) is 6.04 Å². The Morgan fingerprint density at radius 2 is 1.59 bits per heavy atom. The van der Waals surface area contributed by atoms with Crippen molar-refractivity contribution in [3.05, 3.63) is 54.1 Å². The molecule has 0 saturated heterocycles. The lowest BCUT2D eigenvalue weighted by molar-refractivity contribution is 0.550. The first-order valence-electron chi connectivity index (χ1n) is 9.30. The number of sulfonamides is 1. The molecule has 1 N–H and O–H groups in total. The molecule has 0 atom stereocenters. The molecule has 0 heterocycles. The second-order valence-electron chi connectivity index (χ2n) is 6.94. The molecule has 2 aromatic carbocycles. The second-order valence-corrected chi connectivity index (χ2v) is 10.6. The number of benzene rings is 2. The van der Waals surface area contributed by atoms with Crippen LogP contribution in [0.15, 0.2) is 63.2 Å². The summed E-state index contributed by atoms with van der Waals surface area (Å²) < 4.78 is 54.6. The van der Waals surface area contributed by atoms with Crippen LogP contribution >= 0.6 is 0 Å². The Balaban J connectivity index is 2.05. The van der Waals surface area contributed by atoms with E-state index >= 15 is 0 Å². The fourth-order valence-corrected chi connectivity index (χ4v) is 6.47. The smallest absolute Gasteiger partial charge is 0.219 e. The Kier molecular flexibility index (Phi) is 6.03. The summed E-state index contributed by atoms with van der Waals surface area (Å²) in [7, 11) is -7.55. The SMILES string of the molecule is CCCc1ccc(S(=O)(=O)c2ccccc2)cc1S(=O)(=O)NC1CCCC1. The average molecular weight is 408 g/mol.